The smallest absolute Gasteiger partial charge is 0.355 e. The predicted octanol–water partition coefficient (Wildman–Crippen LogP) is 4.52. The molecule has 0 amide bonds. The largest absolute Gasteiger partial charge is 0.488 e. The van der Waals surface area contributed by atoms with E-state index in [1.54, 1.807) is 50.2 Å². The van der Waals surface area contributed by atoms with Gasteiger partial charge in [0.25, 0.3) is 0 Å². The lowest BCUT2D eigenvalue weighted by Gasteiger charge is -2.17. The molecule has 11 heteroatoms. The van der Waals surface area contributed by atoms with Crippen molar-refractivity contribution in [3.05, 3.63) is 115 Å². The Balaban J connectivity index is 1.78. The maximum Gasteiger partial charge on any atom is 0.355 e. The minimum Gasteiger partial charge on any atom is -0.488 e. The van der Waals surface area contributed by atoms with Crippen molar-refractivity contribution in [2.24, 2.45) is 0 Å². The maximum absolute atomic E-state index is 14.6. The number of nitrogens with zero attached hydrogens (tertiary/aromatic N) is 3. The van der Waals surface area contributed by atoms with Gasteiger partial charge < -0.3 is 15.2 Å². The summed E-state index contributed by atoms with van der Waals surface area (Å²) in [7, 11) is 0. The number of hydrogen-bond acceptors (Lipinski definition) is 6. The van der Waals surface area contributed by atoms with Crippen LogP contribution in [0, 0.1) is 5.82 Å². The molecule has 0 saturated carbocycles. The van der Waals surface area contributed by atoms with Gasteiger partial charge in [0, 0.05) is 16.8 Å². The summed E-state index contributed by atoms with van der Waals surface area (Å²) < 4.78 is 22.1. The number of nitrogens with one attached hydrogen (secondary N) is 1. The molecule has 0 aliphatic heterocycles. The molecule has 0 unspecified atom stereocenters. The van der Waals surface area contributed by atoms with Crippen molar-refractivity contribution in [3.63, 3.8) is 0 Å². The molecule has 0 aliphatic carbocycles. The fourth-order valence-electron chi connectivity index (χ4n) is 3.77. The Morgan fingerprint density at radius 1 is 1.05 bits per heavy atom. The molecular weight excluding hydrogens is 515 g/mol. The van der Waals surface area contributed by atoms with Crippen LogP contribution >= 0.6 is 11.6 Å². The lowest BCUT2D eigenvalue weighted by molar-refractivity contribution is 0.0695. The summed E-state index contributed by atoms with van der Waals surface area (Å²) in [5, 5.41) is 12.9. The zero-order valence-electron chi connectivity index (χ0n) is 20.5. The molecule has 0 radical (unpaired) electrons. The predicted molar refractivity (Wildman–Crippen MR) is 141 cm³/mol. The highest BCUT2D eigenvalue weighted by Gasteiger charge is 2.18. The Labute approximate surface area is 221 Å². The third-order valence-corrected chi connectivity index (χ3v) is 5.78. The Morgan fingerprint density at radius 3 is 2.42 bits per heavy atom. The fourth-order valence-corrected chi connectivity index (χ4v) is 3.90. The topological polar surface area (TPSA) is 115 Å². The van der Waals surface area contributed by atoms with Gasteiger partial charge in [-0.3, -0.25) is 4.57 Å². The standard InChI is InChI=1S/C27H24ClFN4O5/c1-16(2)38-23-12-11-20(13-22(23)29)30-25-31-26(36)33(15-18-5-3-4-6-21(18)24(34)35)27(37)32(25)14-17-7-9-19(28)10-8-17/h3-13,16H,14-15H2,1-2H3,(H,34,35)(H,30,31,36). The number of carboxylic acids is 1. The summed E-state index contributed by atoms with van der Waals surface area (Å²) >= 11 is 5.99. The minimum atomic E-state index is -1.19. The number of hydrogen-bond donors (Lipinski definition) is 2. The number of benzene rings is 3. The van der Waals surface area contributed by atoms with Crippen LogP contribution in [0.1, 0.15) is 35.3 Å². The molecule has 0 saturated heterocycles. The van der Waals surface area contributed by atoms with Gasteiger partial charge in [0.1, 0.15) is 0 Å². The van der Waals surface area contributed by atoms with Gasteiger partial charge in [-0.25, -0.2) is 23.3 Å². The highest BCUT2D eigenvalue weighted by atomic mass is 35.5. The van der Waals surface area contributed by atoms with Crippen LogP contribution in [0.2, 0.25) is 5.02 Å². The van der Waals surface area contributed by atoms with Crippen molar-refractivity contribution in [3.8, 4) is 5.75 Å². The van der Waals surface area contributed by atoms with E-state index in [-0.39, 0.29) is 47.7 Å². The molecule has 2 N–H and O–H groups in total. The van der Waals surface area contributed by atoms with Crippen LogP contribution in [0.5, 0.6) is 5.75 Å². The van der Waals surface area contributed by atoms with Crippen molar-refractivity contribution in [1.82, 2.24) is 14.1 Å². The first kappa shape index (κ1) is 26.6. The summed E-state index contributed by atoms with van der Waals surface area (Å²) in [6.07, 6.45) is -0.228. The van der Waals surface area contributed by atoms with E-state index in [0.29, 0.717) is 10.6 Å². The normalized spacial score (nSPS) is 11.0. The van der Waals surface area contributed by atoms with Crippen LogP contribution in [-0.4, -0.2) is 31.3 Å². The van der Waals surface area contributed by atoms with Crippen LogP contribution in [0.25, 0.3) is 0 Å². The molecule has 1 heterocycles. The second-order valence-corrected chi connectivity index (χ2v) is 9.13. The molecule has 4 rings (SSSR count). The molecule has 9 nitrogen and oxygen atoms in total. The first-order chi connectivity index (χ1) is 18.1. The SMILES string of the molecule is CC(C)Oc1ccc(Nc2nc(=O)n(Cc3ccccc3C(=O)O)c(=O)n2Cc2ccc(Cl)cc2)cc1F. The summed E-state index contributed by atoms with van der Waals surface area (Å²) in [4.78, 5) is 42.2. The van der Waals surface area contributed by atoms with E-state index in [4.69, 9.17) is 16.3 Å². The van der Waals surface area contributed by atoms with Crippen LogP contribution < -0.4 is 21.4 Å². The second-order valence-electron chi connectivity index (χ2n) is 8.70. The highest BCUT2D eigenvalue weighted by molar-refractivity contribution is 6.30. The number of carboxylic acid groups (broad SMARTS) is 1. The van der Waals surface area contributed by atoms with E-state index in [0.717, 1.165) is 4.57 Å². The average Bonchev–Trinajstić information content (AvgIpc) is 2.87. The van der Waals surface area contributed by atoms with E-state index in [2.05, 4.69) is 10.3 Å². The molecule has 4 aromatic rings. The zero-order valence-corrected chi connectivity index (χ0v) is 21.3. The number of aromatic nitrogens is 3. The maximum atomic E-state index is 14.6. The number of anilines is 2. The van der Waals surface area contributed by atoms with Gasteiger partial charge in [0.2, 0.25) is 5.95 Å². The Kier molecular flexibility index (Phi) is 7.92. The third kappa shape index (κ3) is 6.09. The van der Waals surface area contributed by atoms with Crippen molar-refractivity contribution < 1.29 is 19.0 Å². The lowest BCUT2D eigenvalue weighted by atomic mass is 10.1. The Hall–Kier alpha value is -4.44. The number of carbonyl (C=O) groups is 1. The van der Waals surface area contributed by atoms with E-state index in [1.165, 1.54) is 34.9 Å². The molecule has 0 aliphatic rings. The number of rotatable bonds is 9. The molecular formula is C27H24ClFN4O5. The third-order valence-electron chi connectivity index (χ3n) is 5.53. The van der Waals surface area contributed by atoms with Gasteiger partial charge in [0.05, 0.1) is 24.8 Å². The first-order valence-corrected chi connectivity index (χ1v) is 12.0. The van der Waals surface area contributed by atoms with E-state index < -0.39 is 23.2 Å². The fraction of sp³-hybridized carbons (Fsp3) is 0.185. The minimum absolute atomic E-state index is 0.00319. The zero-order chi connectivity index (χ0) is 27.4. The van der Waals surface area contributed by atoms with Gasteiger partial charge in [-0.05, 0) is 55.3 Å². The van der Waals surface area contributed by atoms with Crippen molar-refractivity contribution >= 4 is 29.2 Å². The Morgan fingerprint density at radius 2 is 1.76 bits per heavy atom. The van der Waals surface area contributed by atoms with Gasteiger partial charge in [-0.15, -0.1) is 0 Å². The van der Waals surface area contributed by atoms with Gasteiger partial charge in [0.15, 0.2) is 11.6 Å². The van der Waals surface area contributed by atoms with Crippen molar-refractivity contribution in [2.45, 2.75) is 33.0 Å². The lowest BCUT2D eigenvalue weighted by Crippen LogP contribution is -2.43. The number of halogens is 2. The van der Waals surface area contributed by atoms with Gasteiger partial charge in [-0.2, -0.15) is 4.98 Å². The monoisotopic (exact) mass is 538 g/mol. The summed E-state index contributed by atoms with van der Waals surface area (Å²) in [6.45, 7) is 3.25. The molecule has 196 valence electrons. The number of aromatic carboxylic acids is 1. The molecule has 0 atom stereocenters. The Bertz CT molecular complexity index is 1600. The summed E-state index contributed by atoms with van der Waals surface area (Å²) in [6, 6.07) is 17.0. The molecule has 0 fully saturated rings. The van der Waals surface area contributed by atoms with E-state index >= 15 is 0 Å². The number of ether oxygens (including phenoxy) is 1. The first-order valence-electron chi connectivity index (χ1n) is 11.6. The van der Waals surface area contributed by atoms with Crippen LogP contribution in [0.4, 0.5) is 16.0 Å². The average molecular weight is 539 g/mol. The van der Waals surface area contributed by atoms with Crippen LogP contribution in [0.3, 0.4) is 0 Å². The molecule has 1 aromatic heterocycles. The second kappa shape index (κ2) is 11.3. The quantitative estimate of drug-likeness (QED) is 0.322. The summed E-state index contributed by atoms with van der Waals surface area (Å²) in [5.74, 6) is -1.87. The van der Waals surface area contributed by atoms with E-state index in [9.17, 15) is 23.9 Å². The van der Waals surface area contributed by atoms with E-state index in [1.807, 2.05) is 0 Å². The van der Waals surface area contributed by atoms with Crippen LogP contribution in [0.15, 0.2) is 76.3 Å². The highest BCUT2D eigenvalue weighted by Crippen LogP contribution is 2.24. The molecule has 0 bridgehead atoms. The van der Waals surface area contributed by atoms with Gasteiger partial charge >= 0.3 is 17.3 Å². The van der Waals surface area contributed by atoms with Crippen LogP contribution in [-0.2, 0) is 13.1 Å². The molecule has 0 spiro atoms. The van der Waals surface area contributed by atoms with Crippen molar-refractivity contribution in [2.75, 3.05) is 5.32 Å². The van der Waals surface area contributed by atoms with Gasteiger partial charge in [-0.1, -0.05) is 41.9 Å². The molecule has 3 aromatic carbocycles. The van der Waals surface area contributed by atoms with Crippen molar-refractivity contribution in [1.29, 1.82) is 0 Å². The molecule has 38 heavy (non-hydrogen) atoms. The summed E-state index contributed by atoms with van der Waals surface area (Å²) in [5.41, 5.74) is -0.478.